The smallest absolute Gasteiger partial charge is 0.126 e. The minimum absolute atomic E-state index is 0.118. The Hall–Kier alpha value is -0.610. The molecular weight excluding hydrogens is 266 g/mol. The lowest BCUT2D eigenvalue weighted by Gasteiger charge is -2.34. The molecule has 0 aliphatic rings. The highest BCUT2D eigenvalue weighted by atomic mass is 79.9. The van der Waals surface area contributed by atoms with Crippen molar-refractivity contribution in [2.45, 2.75) is 33.2 Å². The van der Waals surface area contributed by atoms with Gasteiger partial charge in [-0.2, -0.15) is 0 Å². The van der Waals surface area contributed by atoms with Gasteiger partial charge in [-0.25, -0.2) is 4.98 Å². The lowest BCUT2D eigenvalue weighted by atomic mass is 9.88. The Kier molecular flexibility index (Phi) is 4.33. The van der Waals surface area contributed by atoms with E-state index in [1.807, 2.05) is 19.1 Å². The molecule has 16 heavy (non-hydrogen) atoms. The van der Waals surface area contributed by atoms with Gasteiger partial charge in [0.1, 0.15) is 5.82 Å². The van der Waals surface area contributed by atoms with Crippen LogP contribution in [0.25, 0.3) is 0 Å². The van der Waals surface area contributed by atoms with E-state index in [4.69, 9.17) is 5.73 Å². The lowest BCUT2D eigenvalue weighted by molar-refractivity contribution is 0.381. The summed E-state index contributed by atoms with van der Waals surface area (Å²) in [4.78, 5) is 4.47. The Balaban J connectivity index is 2.90. The molecule has 4 heteroatoms. The number of aromatic nitrogens is 1. The summed E-state index contributed by atoms with van der Waals surface area (Å²) in [6.45, 7) is 9.00. The van der Waals surface area contributed by atoms with Crippen LogP contribution in [-0.2, 0) is 0 Å². The van der Waals surface area contributed by atoms with Crippen molar-refractivity contribution >= 4 is 21.7 Å². The Morgan fingerprint density at radius 3 is 2.56 bits per heavy atom. The van der Waals surface area contributed by atoms with Crippen molar-refractivity contribution in [1.82, 2.24) is 4.98 Å². The van der Waals surface area contributed by atoms with Gasteiger partial charge >= 0.3 is 0 Å². The maximum Gasteiger partial charge on any atom is 0.126 e. The minimum Gasteiger partial charge on any atom is -0.363 e. The van der Waals surface area contributed by atoms with Gasteiger partial charge in [0.05, 0.1) is 11.2 Å². The van der Waals surface area contributed by atoms with Gasteiger partial charge in [-0.3, -0.25) is 0 Å². The molecular formula is C12H20BrN3. The monoisotopic (exact) mass is 285 g/mol. The number of nitrogens with two attached hydrogens (primary N) is 1. The normalized spacial score (nSPS) is 14.9. The number of halogens is 1. The molecule has 0 bridgehead atoms. The van der Waals surface area contributed by atoms with Crippen molar-refractivity contribution in [1.29, 1.82) is 0 Å². The van der Waals surface area contributed by atoms with E-state index in [-0.39, 0.29) is 5.54 Å². The van der Waals surface area contributed by atoms with Crippen LogP contribution in [0, 0.1) is 12.8 Å². The second kappa shape index (κ2) is 5.15. The molecule has 1 aromatic rings. The van der Waals surface area contributed by atoms with Crippen molar-refractivity contribution in [3.63, 3.8) is 0 Å². The number of nitrogens with zero attached hydrogens (tertiary/aromatic N) is 1. The molecule has 0 radical (unpaired) electrons. The van der Waals surface area contributed by atoms with Gasteiger partial charge in [-0.05, 0) is 47.8 Å². The van der Waals surface area contributed by atoms with E-state index in [9.17, 15) is 0 Å². The number of hydrogen-bond acceptors (Lipinski definition) is 3. The highest BCUT2D eigenvalue weighted by Crippen LogP contribution is 2.23. The molecule has 3 N–H and O–H groups in total. The molecule has 0 amide bonds. The first kappa shape index (κ1) is 13.5. The third kappa shape index (κ3) is 2.95. The summed E-state index contributed by atoms with van der Waals surface area (Å²) in [6, 6.07) is 3.97. The molecule has 0 fully saturated rings. The SMILES string of the molecule is Cc1nc(NC(C)(CN)C(C)C)ccc1Br. The van der Waals surface area contributed by atoms with Crippen LogP contribution in [0.1, 0.15) is 26.5 Å². The molecule has 90 valence electrons. The van der Waals surface area contributed by atoms with Gasteiger partial charge in [0.2, 0.25) is 0 Å². The van der Waals surface area contributed by atoms with Crippen LogP contribution in [0.5, 0.6) is 0 Å². The van der Waals surface area contributed by atoms with E-state index in [1.165, 1.54) is 0 Å². The number of hydrogen-bond donors (Lipinski definition) is 2. The lowest BCUT2D eigenvalue weighted by Crippen LogP contribution is -2.47. The van der Waals surface area contributed by atoms with E-state index >= 15 is 0 Å². The zero-order valence-electron chi connectivity index (χ0n) is 10.3. The summed E-state index contributed by atoms with van der Waals surface area (Å²) in [5, 5.41) is 3.42. The molecule has 0 aromatic carbocycles. The maximum atomic E-state index is 5.82. The van der Waals surface area contributed by atoms with E-state index in [1.54, 1.807) is 0 Å². The average Bonchev–Trinajstić information content (AvgIpc) is 2.23. The zero-order chi connectivity index (χ0) is 12.3. The Labute approximate surface area is 106 Å². The van der Waals surface area contributed by atoms with Crippen molar-refractivity contribution < 1.29 is 0 Å². The van der Waals surface area contributed by atoms with Gasteiger partial charge in [0, 0.05) is 11.0 Å². The number of pyridine rings is 1. The molecule has 0 aliphatic heterocycles. The van der Waals surface area contributed by atoms with Crippen LogP contribution in [0.2, 0.25) is 0 Å². The van der Waals surface area contributed by atoms with Crippen molar-refractivity contribution in [3.05, 3.63) is 22.3 Å². The number of rotatable bonds is 4. The predicted molar refractivity (Wildman–Crippen MR) is 72.6 cm³/mol. The molecule has 1 rings (SSSR count). The van der Waals surface area contributed by atoms with Crippen molar-refractivity contribution in [3.8, 4) is 0 Å². The largest absolute Gasteiger partial charge is 0.363 e. The predicted octanol–water partition coefficient (Wildman–Crippen LogP) is 2.94. The molecule has 3 nitrogen and oxygen atoms in total. The molecule has 0 saturated heterocycles. The number of anilines is 1. The first-order valence-corrected chi connectivity index (χ1v) is 6.30. The molecule has 0 saturated carbocycles. The fraction of sp³-hybridized carbons (Fsp3) is 0.583. The summed E-state index contributed by atoms with van der Waals surface area (Å²) >= 11 is 3.44. The number of nitrogens with one attached hydrogen (secondary N) is 1. The molecule has 1 aromatic heterocycles. The Bertz CT molecular complexity index is 365. The molecule has 1 unspecified atom stereocenters. The Morgan fingerprint density at radius 1 is 1.50 bits per heavy atom. The van der Waals surface area contributed by atoms with Gasteiger partial charge in [0.15, 0.2) is 0 Å². The van der Waals surface area contributed by atoms with Crippen LogP contribution in [0.3, 0.4) is 0 Å². The van der Waals surface area contributed by atoms with E-state index < -0.39 is 0 Å². The van der Waals surface area contributed by atoms with Crippen molar-refractivity contribution in [2.75, 3.05) is 11.9 Å². The third-order valence-electron chi connectivity index (χ3n) is 3.13. The van der Waals surface area contributed by atoms with Crippen LogP contribution in [0.15, 0.2) is 16.6 Å². The fourth-order valence-corrected chi connectivity index (χ4v) is 1.56. The van der Waals surface area contributed by atoms with Gasteiger partial charge in [0.25, 0.3) is 0 Å². The van der Waals surface area contributed by atoms with Gasteiger partial charge in [-0.15, -0.1) is 0 Å². The second-order valence-electron chi connectivity index (χ2n) is 4.67. The molecule has 0 aliphatic carbocycles. The van der Waals surface area contributed by atoms with Crippen LogP contribution in [-0.4, -0.2) is 17.1 Å². The van der Waals surface area contributed by atoms with E-state index in [0.717, 1.165) is 16.0 Å². The topological polar surface area (TPSA) is 50.9 Å². The third-order valence-corrected chi connectivity index (χ3v) is 3.97. The van der Waals surface area contributed by atoms with Crippen LogP contribution in [0.4, 0.5) is 5.82 Å². The standard InChI is InChI=1S/C12H20BrN3/c1-8(2)12(4,7-14)16-11-6-5-10(13)9(3)15-11/h5-6,8H,7,14H2,1-4H3,(H,15,16). The summed E-state index contributed by atoms with van der Waals surface area (Å²) in [5.74, 6) is 1.32. The fourth-order valence-electron chi connectivity index (χ4n) is 1.34. The number of aryl methyl sites for hydroxylation is 1. The highest BCUT2D eigenvalue weighted by molar-refractivity contribution is 9.10. The summed E-state index contributed by atoms with van der Waals surface area (Å²) < 4.78 is 1.03. The van der Waals surface area contributed by atoms with E-state index in [2.05, 4.69) is 47.0 Å². The van der Waals surface area contributed by atoms with E-state index in [0.29, 0.717) is 12.5 Å². The van der Waals surface area contributed by atoms with Crippen molar-refractivity contribution in [2.24, 2.45) is 11.7 Å². The summed E-state index contributed by atoms with van der Waals surface area (Å²) in [5.41, 5.74) is 6.69. The first-order valence-electron chi connectivity index (χ1n) is 5.50. The summed E-state index contributed by atoms with van der Waals surface area (Å²) in [7, 11) is 0. The Morgan fingerprint density at radius 2 is 2.12 bits per heavy atom. The van der Waals surface area contributed by atoms with Gasteiger partial charge < -0.3 is 11.1 Å². The quantitative estimate of drug-likeness (QED) is 0.894. The maximum absolute atomic E-state index is 5.82. The molecule has 1 atom stereocenters. The first-order chi connectivity index (χ1) is 7.39. The van der Waals surface area contributed by atoms with Gasteiger partial charge in [-0.1, -0.05) is 13.8 Å². The summed E-state index contributed by atoms with van der Waals surface area (Å²) in [6.07, 6.45) is 0. The zero-order valence-corrected chi connectivity index (χ0v) is 11.9. The average molecular weight is 286 g/mol. The van der Waals surface area contributed by atoms with Crippen LogP contribution < -0.4 is 11.1 Å². The van der Waals surface area contributed by atoms with Crippen LogP contribution >= 0.6 is 15.9 Å². The highest BCUT2D eigenvalue weighted by Gasteiger charge is 2.26. The molecule has 0 spiro atoms. The second-order valence-corrected chi connectivity index (χ2v) is 5.52. The minimum atomic E-state index is -0.118. The molecule has 1 heterocycles.